The highest BCUT2D eigenvalue weighted by atomic mass is 19.1. The Morgan fingerprint density at radius 2 is 1.81 bits per heavy atom. The number of carboxylic acid groups (broad SMARTS) is 1. The third-order valence-corrected chi connectivity index (χ3v) is 5.26. The van der Waals surface area contributed by atoms with E-state index in [1.807, 2.05) is 5.32 Å². The molecule has 0 spiro atoms. The number of carbonyl (C=O) groups is 4. The zero-order chi connectivity index (χ0) is 25.8. The zero-order valence-corrected chi connectivity index (χ0v) is 18.9. The van der Waals surface area contributed by atoms with E-state index in [4.69, 9.17) is 14.6 Å². The number of halogens is 1. The monoisotopic (exact) mass is 490 g/mol. The molecule has 4 rings (SSSR count). The third-order valence-electron chi connectivity index (χ3n) is 5.26. The summed E-state index contributed by atoms with van der Waals surface area (Å²) in [5.74, 6) is -3.13. The summed E-state index contributed by atoms with van der Waals surface area (Å²) >= 11 is 0. The maximum absolute atomic E-state index is 14.2. The van der Waals surface area contributed by atoms with Crippen LogP contribution in [0.1, 0.15) is 21.5 Å². The summed E-state index contributed by atoms with van der Waals surface area (Å²) < 4.78 is 25.3. The second-order valence-electron chi connectivity index (χ2n) is 7.61. The minimum absolute atomic E-state index is 0.0680. The van der Waals surface area contributed by atoms with Gasteiger partial charge in [0, 0.05) is 0 Å². The molecule has 0 atom stereocenters. The number of imide groups is 2. The maximum atomic E-state index is 14.2. The number of benzene rings is 3. The van der Waals surface area contributed by atoms with Crippen molar-refractivity contribution < 1.29 is 38.1 Å². The quantitative estimate of drug-likeness (QED) is 0.382. The highest BCUT2D eigenvalue weighted by molar-refractivity contribution is 6.39. The van der Waals surface area contributed by atoms with Crippen LogP contribution >= 0.6 is 0 Å². The number of barbiturate groups is 1. The van der Waals surface area contributed by atoms with E-state index in [9.17, 15) is 23.6 Å². The lowest BCUT2D eigenvalue weighted by atomic mass is 10.1. The average Bonchev–Trinajstić information content (AvgIpc) is 2.86. The average molecular weight is 490 g/mol. The number of aromatic carboxylic acids is 1. The molecular weight excluding hydrogens is 471 g/mol. The van der Waals surface area contributed by atoms with Gasteiger partial charge in [-0.15, -0.1) is 0 Å². The fourth-order valence-corrected chi connectivity index (χ4v) is 3.52. The largest absolute Gasteiger partial charge is 0.493 e. The van der Waals surface area contributed by atoms with Crippen LogP contribution in [-0.2, 0) is 16.2 Å². The van der Waals surface area contributed by atoms with Crippen molar-refractivity contribution in [3.63, 3.8) is 0 Å². The van der Waals surface area contributed by atoms with Gasteiger partial charge in [-0.25, -0.2) is 18.9 Å². The Hall–Kier alpha value is -4.99. The van der Waals surface area contributed by atoms with Gasteiger partial charge in [-0.05, 0) is 53.6 Å². The van der Waals surface area contributed by atoms with Crippen molar-refractivity contribution >= 4 is 35.6 Å². The van der Waals surface area contributed by atoms with Crippen LogP contribution in [0.25, 0.3) is 6.08 Å². The van der Waals surface area contributed by atoms with Gasteiger partial charge in [0.15, 0.2) is 11.5 Å². The van der Waals surface area contributed by atoms with Gasteiger partial charge in [-0.1, -0.05) is 30.3 Å². The van der Waals surface area contributed by atoms with E-state index in [0.29, 0.717) is 21.8 Å². The first kappa shape index (κ1) is 24.1. The number of carboxylic acids is 1. The second kappa shape index (κ2) is 10.1. The number of para-hydroxylation sites is 1. The van der Waals surface area contributed by atoms with Gasteiger partial charge in [0.05, 0.1) is 18.4 Å². The summed E-state index contributed by atoms with van der Waals surface area (Å²) in [6.45, 7) is 0.0680. The normalized spacial score (nSPS) is 14.6. The Labute approximate surface area is 204 Å². The van der Waals surface area contributed by atoms with E-state index in [0.717, 1.165) is 6.07 Å². The summed E-state index contributed by atoms with van der Waals surface area (Å²) in [6, 6.07) is 15.1. The van der Waals surface area contributed by atoms with Crippen molar-refractivity contribution in [2.24, 2.45) is 0 Å². The first-order chi connectivity index (χ1) is 17.3. The minimum atomic E-state index is -1.06. The van der Waals surface area contributed by atoms with Crippen molar-refractivity contribution in [2.45, 2.75) is 6.61 Å². The smallest absolute Gasteiger partial charge is 0.336 e. The Balaban J connectivity index is 1.59. The summed E-state index contributed by atoms with van der Waals surface area (Å²) in [6.07, 6.45) is 1.25. The minimum Gasteiger partial charge on any atom is -0.493 e. The Morgan fingerprint density at radius 3 is 2.53 bits per heavy atom. The molecule has 9 nitrogen and oxygen atoms in total. The molecule has 3 aromatic carbocycles. The molecule has 0 radical (unpaired) electrons. The number of methoxy groups -OCH3 is 1. The third kappa shape index (κ3) is 4.92. The summed E-state index contributed by atoms with van der Waals surface area (Å²) in [7, 11) is 1.40. The molecule has 4 amide bonds. The molecule has 182 valence electrons. The summed E-state index contributed by atoms with van der Waals surface area (Å²) in [5, 5.41) is 11.2. The number of amides is 4. The lowest BCUT2D eigenvalue weighted by Crippen LogP contribution is -2.54. The van der Waals surface area contributed by atoms with Crippen LogP contribution in [0.2, 0.25) is 0 Å². The number of ether oxygens (including phenoxy) is 2. The van der Waals surface area contributed by atoms with Gasteiger partial charge in [0.1, 0.15) is 18.0 Å². The van der Waals surface area contributed by atoms with Crippen LogP contribution in [-0.4, -0.2) is 36.0 Å². The van der Waals surface area contributed by atoms with Crippen molar-refractivity contribution in [1.82, 2.24) is 5.32 Å². The molecule has 1 fully saturated rings. The first-order valence-electron chi connectivity index (χ1n) is 10.6. The van der Waals surface area contributed by atoms with Gasteiger partial charge in [-0.3, -0.25) is 14.9 Å². The molecule has 0 aliphatic carbocycles. The number of rotatable bonds is 7. The lowest BCUT2D eigenvalue weighted by molar-refractivity contribution is -0.122. The van der Waals surface area contributed by atoms with E-state index in [1.54, 1.807) is 24.3 Å². The highest BCUT2D eigenvalue weighted by Gasteiger charge is 2.38. The van der Waals surface area contributed by atoms with E-state index < -0.39 is 29.6 Å². The number of anilines is 1. The fourth-order valence-electron chi connectivity index (χ4n) is 3.52. The van der Waals surface area contributed by atoms with Crippen molar-refractivity contribution in [1.29, 1.82) is 0 Å². The number of urea groups is 1. The first-order valence-corrected chi connectivity index (χ1v) is 10.6. The Bertz CT molecular complexity index is 1420. The standard InChI is InChI=1S/C26H19FN2O7/c1-35-22-13-15(9-10-21(22)36-14-16-5-4-6-17(11-16)25(32)33)12-18-23(30)28-26(34)29(24(18)31)20-8-3-2-7-19(20)27/h2-13H,14H2,1H3,(H,32,33)(H,28,30,34). The van der Waals surface area contributed by atoms with Crippen LogP contribution in [0.5, 0.6) is 11.5 Å². The predicted octanol–water partition coefficient (Wildman–Crippen LogP) is 3.78. The molecule has 36 heavy (non-hydrogen) atoms. The summed E-state index contributed by atoms with van der Waals surface area (Å²) in [5.41, 5.74) is 0.480. The van der Waals surface area contributed by atoms with Crippen LogP contribution in [0.15, 0.2) is 72.3 Å². The Morgan fingerprint density at radius 1 is 1.03 bits per heavy atom. The van der Waals surface area contributed by atoms with E-state index in [-0.39, 0.29) is 29.2 Å². The van der Waals surface area contributed by atoms with Crippen molar-refractivity contribution in [3.8, 4) is 11.5 Å². The molecule has 1 saturated heterocycles. The van der Waals surface area contributed by atoms with Gasteiger partial charge in [-0.2, -0.15) is 0 Å². The number of hydrogen-bond donors (Lipinski definition) is 2. The second-order valence-corrected chi connectivity index (χ2v) is 7.61. The van der Waals surface area contributed by atoms with Gasteiger partial charge in [0.2, 0.25) is 0 Å². The number of nitrogens with zero attached hydrogens (tertiary/aromatic N) is 1. The van der Waals surface area contributed by atoms with Crippen LogP contribution in [0, 0.1) is 5.82 Å². The molecule has 0 unspecified atom stereocenters. The molecule has 0 aromatic heterocycles. The molecule has 2 N–H and O–H groups in total. The van der Waals surface area contributed by atoms with Gasteiger partial charge < -0.3 is 14.6 Å². The van der Waals surface area contributed by atoms with Crippen molar-refractivity contribution in [3.05, 3.63) is 94.8 Å². The maximum Gasteiger partial charge on any atom is 0.336 e. The lowest BCUT2D eigenvalue weighted by Gasteiger charge is -2.26. The predicted molar refractivity (Wildman–Crippen MR) is 126 cm³/mol. The van der Waals surface area contributed by atoms with Gasteiger partial charge >= 0.3 is 12.0 Å². The van der Waals surface area contributed by atoms with Crippen LogP contribution < -0.4 is 19.7 Å². The molecular formula is C26H19FN2O7. The van der Waals surface area contributed by atoms with Gasteiger partial charge in [0.25, 0.3) is 11.8 Å². The van der Waals surface area contributed by atoms with E-state index in [1.165, 1.54) is 49.6 Å². The molecule has 10 heteroatoms. The van der Waals surface area contributed by atoms with Crippen LogP contribution in [0.3, 0.4) is 0 Å². The highest BCUT2D eigenvalue weighted by Crippen LogP contribution is 2.31. The number of hydrogen-bond acceptors (Lipinski definition) is 6. The van der Waals surface area contributed by atoms with Crippen LogP contribution in [0.4, 0.5) is 14.9 Å². The SMILES string of the molecule is COc1cc(C=C2C(=O)NC(=O)N(c3ccccc3F)C2=O)ccc1OCc1cccc(C(=O)O)c1. The van der Waals surface area contributed by atoms with Crippen molar-refractivity contribution in [2.75, 3.05) is 12.0 Å². The molecule has 1 aliphatic rings. The van der Waals surface area contributed by atoms with E-state index >= 15 is 0 Å². The molecule has 1 aliphatic heterocycles. The summed E-state index contributed by atoms with van der Waals surface area (Å²) in [4.78, 5) is 49.3. The molecule has 3 aromatic rings. The molecule has 1 heterocycles. The zero-order valence-electron chi connectivity index (χ0n) is 18.9. The number of nitrogens with one attached hydrogen (secondary N) is 1. The topological polar surface area (TPSA) is 122 Å². The Kier molecular flexibility index (Phi) is 6.77. The molecule has 0 bridgehead atoms. The fraction of sp³-hybridized carbons (Fsp3) is 0.0769. The van der Waals surface area contributed by atoms with E-state index in [2.05, 4.69) is 0 Å². The molecule has 0 saturated carbocycles. The number of carbonyl (C=O) groups excluding carboxylic acids is 3.